The molecule has 2 aliphatic heterocycles. The van der Waals surface area contributed by atoms with E-state index in [2.05, 4.69) is 21.4 Å². The highest BCUT2D eigenvalue weighted by Gasteiger charge is 2.30. The molecular formula is C26H28FN3O4. The number of benzene rings is 2. The average molecular weight is 466 g/mol. The largest absolute Gasteiger partial charge is 0.505 e. The molecule has 1 N–H and O–H groups in total. The summed E-state index contributed by atoms with van der Waals surface area (Å²) >= 11 is 0. The van der Waals surface area contributed by atoms with Gasteiger partial charge in [-0.1, -0.05) is 0 Å². The van der Waals surface area contributed by atoms with Gasteiger partial charge in [-0.25, -0.2) is 4.39 Å². The summed E-state index contributed by atoms with van der Waals surface area (Å²) in [6, 6.07) is 8.08. The van der Waals surface area contributed by atoms with Crippen LogP contribution in [-0.4, -0.2) is 72.1 Å². The molecule has 0 amide bonds. The van der Waals surface area contributed by atoms with E-state index in [4.69, 9.17) is 9.47 Å². The molecule has 0 atom stereocenters. The van der Waals surface area contributed by atoms with Crippen molar-refractivity contribution in [3.05, 3.63) is 58.7 Å². The molecule has 0 aliphatic carbocycles. The molecule has 3 aromatic rings. The Morgan fingerprint density at radius 1 is 1.15 bits per heavy atom. The van der Waals surface area contributed by atoms with Gasteiger partial charge in [0.25, 0.3) is 0 Å². The monoisotopic (exact) mass is 465 g/mol. The summed E-state index contributed by atoms with van der Waals surface area (Å²) in [7, 11) is 3.77. The van der Waals surface area contributed by atoms with Gasteiger partial charge in [-0.15, -0.1) is 0 Å². The number of rotatable bonds is 5. The minimum Gasteiger partial charge on any atom is -0.505 e. The van der Waals surface area contributed by atoms with Gasteiger partial charge in [-0.05, 0) is 44.3 Å². The van der Waals surface area contributed by atoms with Crippen LogP contribution in [0.3, 0.4) is 0 Å². The number of ketones is 1. The highest BCUT2D eigenvalue weighted by molar-refractivity contribution is 6.15. The van der Waals surface area contributed by atoms with Crippen LogP contribution >= 0.6 is 0 Å². The summed E-state index contributed by atoms with van der Waals surface area (Å²) in [5.74, 6) is -0.826. The SMILES string of the molecule is COc1ccc2c(c1)c(/C=C1\Oc3cc(O)c(F)cc3C1=O)c(C)n2CCN1CCN(C)CC1. The van der Waals surface area contributed by atoms with E-state index < -0.39 is 17.3 Å². The molecular weight excluding hydrogens is 437 g/mol. The number of hydrogen-bond donors (Lipinski definition) is 1. The fourth-order valence-electron chi connectivity index (χ4n) is 4.73. The molecule has 2 aromatic carbocycles. The number of halogens is 1. The maximum Gasteiger partial charge on any atom is 0.232 e. The van der Waals surface area contributed by atoms with Crippen molar-refractivity contribution in [3.8, 4) is 17.2 Å². The van der Waals surface area contributed by atoms with E-state index in [1.54, 1.807) is 13.2 Å². The van der Waals surface area contributed by atoms with Crippen molar-refractivity contribution < 1.29 is 23.8 Å². The Labute approximate surface area is 197 Å². The molecule has 0 spiro atoms. The van der Waals surface area contributed by atoms with Crippen LogP contribution in [0.25, 0.3) is 17.0 Å². The van der Waals surface area contributed by atoms with E-state index >= 15 is 0 Å². The standard InChI is InChI=1S/C26H28FN3O4/c1-16-18(14-25-26(32)20-13-21(27)23(31)15-24(20)34-25)19-12-17(33-3)4-5-22(19)30(16)11-10-29-8-6-28(2)7-9-29/h4-5,12-15,31H,6-11H2,1-3H3/b25-14-. The van der Waals surface area contributed by atoms with Gasteiger partial charge >= 0.3 is 0 Å². The number of aromatic nitrogens is 1. The molecule has 178 valence electrons. The molecule has 1 saturated heterocycles. The number of fused-ring (bicyclic) bond motifs is 2. The van der Waals surface area contributed by atoms with Crippen LogP contribution < -0.4 is 9.47 Å². The predicted molar refractivity (Wildman–Crippen MR) is 128 cm³/mol. The molecule has 0 saturated carbocycles. The molecule has 34 heavy (non-hydrogen) atoms. The van der Waals surface area contributed by atoms with Crippen molar-refractivity contribution in [2.24, 2.45) is 0 Å². The number of Topliss-reactive ketones (excluding diaryl/α,β-unsaturated/α-hetero) is 1. The van der Waals surface area contributed by atoms with Gasteiger partial charge in [-0.3, -0.25) is 9.69 Å². The number of likely N-dealkylation sites (N-methyl/N-ethyl adjacent to an activating group) is 1. The molecule has 0 bridgehead atoms. The maximum absolute atomic E-state index is 13.8. The lowest BCUT2D eigenvalue weighted by Crippen LogP contribution is -2.45. The number of phenolic OH excluding ortho intramolecular Hbond substituents is 1. The first-order valence-corrected chi connectivity index (χ1v) is 11.4. The molecule has 2 aliphatic rings. The third-order valence-corrected chi connectivity index (χ3v) is 6.83. The lowest BCUT2D eigenvalue weighted by atomic mass is 10.1. The molecule has 8 heteroatoms. The highest BCUT2D eigenvalue weighted by atomic mass is 19.1. The summed E-state index contributed by atoms with van der Waals surface area (Å²) in [6.07, 6.45) is 1.71. The summed E-state index contributed by atoms with van der Waals surface area (Å²) in [5, 5.41) is 10.6. The van der Waals surface area contributed by atoms with Crippen LogP contribution in [-0.2, 0) is 6.54 Å². The second-order valence-corrected chi connectivity index (χ2v) is 8.92. The normalized spacial score (nSPS) is 18.0. The predicted octanol–water partition coefficient (Wildman–Crippen LogP) is 3.67. The number of nitrogens with zero attached hydrogens (tertiary/aromatic N) is 3. The maximum atomic E-state index is 13.8. The van der Waals surface area contributed by atoms with Crippen molar-refractivity contribution in [1.82, 2.24) is 14.4 Å². The van der Waals surface area contributed by atoms with Crippen molar-refractivity contribution in [1.29, 1.82) is 0 Å². The lowest BCUT2D eigenvalue weighted by Gasteiger charge is -2.32. The van der Waals surface area contributed by atoms with E-state index in [0.29, 0.717) is 0 Å². The Hall–Kier alpha value is -3.36. The van der Waals surface area contributed by atoms with E-state index in [0.717, 1.165) is 79.3 Å². The molecule has 5 rings (SSSR count). The Kier molecular flexibility index (Phi) is 5.79. The van der Waals surface area contributed by atoms with Crippen molar-refractivity contribution in [2.45, 2.75) is 13.5 Å². The minimum atomic E-state index is -0.849. The van der Waals surface area contributed by atoms with Gasteiger partial charge in [0.2, 0.25) is 5.78 Å². The van der Waals surface area contributed by atoms with Gasteiger partial charge in [0, 0.05) is 67.5 Å². The number of aromatic hydroxyl groups is 1. The van der Waals surface area contributed by atoms with E-state index in [1.807, 2.05) is 25.1 Å². The first-order valence-electron chi connectivity index (χ1n) is 11.4. The number of allylic oxidation sites excluding steroid dienone is 1. The number of carbonyl (C=O) groups excluding carboxylic acids is 1. The minimum absolute atomic E-state index is 0.101. The zero-order valence-corrected chi connectivity index (χ0v) is 19.6. The Morgan fingerprint density at radius 3 is 2.65 bits per heavy atom. The molecule has 1 fully saturated rings. The average Bonchev–Trinajstić information content (AvgIpc) is 3.27. The number of phenols is 1. The van der Waals surface area contributed by atoms with Crippen LogP contribution in [0.15, 0.2) is 36.1 Å². The van der Waals surface area contributed by atoms with Crippen LogP contribution in [0.2, 0.25) is 0 Å². The lowest BCUT2D eigenvalue weighted by molar-refractivity contribution is 0.101. The topological polar surface area (TPSA) is 67.2 Å². The summed E-state index contributed by atoms with van der Waals surface area (Å²) in [4.78, 5) is 17.7. The van der Waals surface area contributed by atoms with Gasteiger partial charge in [0.15, 0.2) is 17.3 Å². The summed E-state index contributed by atoms with van der Waals surface area (Å²) in [6.45, 7) is 8.00. The third kappa shape index (κ3) is 3.93. The zero-order valence-electron chi connectivity index (χ0n) is 19.6. The van der Waals surface area contributed by atoms with Gasteiger partial charge in [0.05, 0.1) is 12.7 Å². The smallest absolute Gasteiger partial charge is 0.232 e. The number of hydrogen-bond acceptors (Lipinski definition) is 6. The number of carbonyl (C=O) groups is 1. The first-order chi connectivity index (χ1) is 16.4. The fraction of sp³-hybridized carbons (Fsp3) is 0.346. The second-order valence-electron chi connectivity index (χ2n) is 8.92. The Balaban J connectivity index is 1.52. The molecule has 0 unspecified atom stereocenters. The van der Waals surface area contributed by atoms with Crippen LogP contribution in [0.1, 0.15) is 21.6 Å². The summed E-state index contributed by atoms with van der Waals surface area (Å²) < 4.78 is 27.3. The molecule has 7 nitrogen and oxygen atoms in total. The second kappa shape index (κ2) is 8.77. The van der Waals surface area contributed by atoms with Crippen LogP contribution in [0.5, 0.6) is 17.2 Å². The molecule has 3 heterocycles. The number of methoxy groups -OCH3 is 1. The van der Waals surface area contributed by atoms with Gasteiger partial charge in [-0.2, -0.15) is 0 Å². The van der Waals surface area contributed by atoms with Crippen molar-refractivity contribution >= 4 is 22.8 Å². The van der Waals surface area contributed by atoms with E-state index in [-0.39, 0.29) is 17.1 Å². The number of piperazine rings is 1. The molecule has 1 aromatic heterocycles. The third-order valence-electron chi connectivity index (χ3n) is 6.83. The first kappa shape index (κ1) is 22.4. The van der Waals surface area contributed by atoms with Gasteiger partial charge in [0.1, 0.15) is 11.5 Å². The Morgan fingerprint density at radius 2 is 1.91 bits per heavy atom. The fourth-order valence-corrected chi connectivity index (χ4v) is 4.73. The summed E-state index contributed by atoms with van der Waals surface area (Å²) in [5.41, 5.74) is 3.01. The molecule has 0 radical (unpaired) electrons. The zero-order chi connectivity index (χ0) is 24.0. The quantitative estimate of drug-likeness (QED) is 0.580. The van der Waals surface area contributed by atoms with Crippen LogP contribution in [0.4, 0.5) is 4.39 Å². The van der Waals surface area contributed by atoms with E-state index in [9.17, 15) is 14.3 Å². The van der Waals surface area contributed by atoms with E-state index in [1.165, 1.54) is 0 Å². The highest BCUT2D eigenvalue weighted by Crippen LogP contribution is 2.38. The van der Waals surface area contributed by atoms with Crippen molar-refractivity contribution in [2.75, 3.05) is 46.9 Å². The number of ether oxygens (including phenoxy) is 2. The van der Waals surface area contributed by atoms with Crippen molar-refractivity contribution in [3.63, 3.8) is 0 Å². The van der Waals surface area contributed by atoms with Crippen LogP contribution in [0, 0.1) is 12.7 Å². The van der Waals surface area contributed by atoms with Gasteiger partial charge < -0.3 is 24.0 Å². The Bertz CT molecular complexity index is 1310.